The largest absolute Gasteiger partial charge is 0.463 e. The summed E-state index contributed by atoms with van der Waals surface area (Å²) in [6.45, 7) is 2.75. The van der Waals surface area contributed by atoms with Crippen LogP contribution in [0.4, 0.5) is 0 Å². The number of nitrogens with one attached hydrogen (secondary N) is 1. The Balaban J connectivity index is 2.58. The number of hydrogen-bond donors (Lipinski definition) is 1. The van der Waals surface area contributed by atoms with Crippen molar-refractivity contribution < 1.29 is 41.2 Å². The zero-order chi connectivity index (χ0) is 22.8. The standard InChI is InChI=1S/C16H20N2O11S/c1-7(19)10-5-18(16(23)17-14(10)22)15-13(27-9(3)21)12(29-30(4,24)25)11(28-15)6-26-8(2)20/h5,11-13,15H,6H2,1-4H3,(H,17,22,23)/t11-,12+,13-,15-/m1/s1. The molecule has 0 amide bonds. The number of carbonyl (C=O) groups excluding carboxylic acids is 3. The first-order chi connectivity index (χ1) is 13.8. The summed E-state index contributed by atoms with van der Waals surface area (Å²) in [5.41, 5.74) is -2.34. The molecule has 0 saturated carbocycles. The normalized spacial score (nSPS) is 23.7. The summed E-state index contributed by atoms with van der Waals surface area (Å²) in [4.78, 5) is 60.5. The number of Topliss-reactive ketones (excluding diaryl/α,β-unsaturated/α-hetero) is 1. The molecule has 0 spiro atoms. The van der Waals surface area contributed by atoms with Gasteiger partial charge in [0.25, 0.3) is 15.7 Å². The van der Waals surface area contributed by atoms with E-state index in [0.717, 1.165) is 37.8 Å². The molecule has 1 fully saturated rings. The minimum absolute atomic E-state index is 0.385. The molecular formula is C16H20N2O11S. The monoisotopic (exact) mass is 448 g/mol. The van der Waals surface area contributed by atoms with Gasteiger partial charge in [0.05, 0.1) is 11.8 Å². The third-order valence-corrected chi connectivity index (χ3v) is 4.52. The lowest BCUT2D eigenvalue weighted by atomic mass is 10.1. The minimum atomic E-state index is -4.10. The molecule has 0 radical (unpaired) electrons. The van der Waals surface area contributed by atoms with Crippen LogP contribution >= 0.6 is 0 Å². The van der Waals surface area contributed by atoms with Crippen LogP contribution in [-0.4, -0.2) is 66.9 Å². The van der Waals surface area contributed by atoms with Gasteiger partial charge in [0.15, 0.2) is 18.1 Å². The van der Waals surface area contributed by atoms with Gasteiger partial charge in [-0.15, -0.1) is 0 Å². The van der Waals surface area contributed by atoms with E-state index >= 15 is 0 Å². The minimum Gasteiger partial charge on any atom is -0.463 e. The van der Waals surface area contributed by atoms with Crippen molar-refractivity contribution in [1.82, 2.24) is 9.55 Å². The number of ketones is 1. The predicted octanol–water partition coefficient (Wildman–Crippen LogP) is -1.52. The Hall–Kier alpha value is -2.84. The SMILES string of the molecule is CC(=O)OC[C@H]1O[C@@H](n2cc(C(C)=O)c(=O)[nH]c2=O)[C@H](OC(C)=O)[C@H]1OS(C)(=O)=O. The van der Waals surface area contributed by atoms with E-state index < -0.39 is 70.2 Å². The van der Waals surface area contributed by atoms with E-state index in [2.05, 4.69) is 0 Å². The van der Waals surface area contributed by atoms with E-state index in [9.17, 15) is 32.4 Å². The lowest BCUT2D eigenvalue weighted by molar-refractivity contribution is -0.155. The zero-order valence-electron chi connectivity index (χ0n) is 16.4. The molecule has 14 heteroatoms. The number of hydrogen-bond acceptors (Lipinski definition) is 11. The zero-order valence-corrected chi connectivity index (χ0v) is 17.3. The highest BCUT2D eigenvalue weighted by Crippen LogP contribution is 2.34. The second kappa shape index (κ2) is 8.89. The van der Waals surface area contributed by atoms with Crippen molar-refractivity contribution in [3.8, 4) is 0 Å². The van der Waals surface area contributed by atoms with Gasteiger partial charge in [-0.3, -0.25) is 32.9 Å². The Morgan fingerprint density at radius 3 is 2.27 bits per heavy atom. The summed E-state index contributed by atoms with van der Waals surface area (Å²) in [6.07, 6.45) is -4.11. The molecule has 0 unspecified atom stereocenters. The molecule has 0 aliphatic carbocycles. The van der Waals surface area contributed by atoms with E-state index in [1.165, 1.54) is 0 Å². The fourth-order valence-corrected chi connectivity index (χ4v) is 3.46. The topological polar surface area (TPSA) is 177 Å². The highest BCUT2D eigenvalue weighted by atomic mass is 32.2. The Labute approximate surface area is 170 Å². The van der Waals surface area contributed by atoms with Crippen molar-refractivity contribution in [2.75, 3.05) is 12.9 Å². The summed E-state index contributed by atoms with van der Waals surface area (Å²) in [5, 5.41) is 0. The third-order valence-electron chi connectivity index (χ3n) is 3.95. The second-order valence-electron chi connectivity index (χ2n) is 6.47. The van der Waals surface area contributed by atoms with Crippen LogP contribution in [0, 0.1) is 0 Å². The highest BCUT2D eigenvalue weighted by Gasteiger charge is 2.51. The Morgan fingerprint density at radius 2 is 1.77 bits per heavy atom. The molecule has 1 aromatic rings. The van der Waals surface area contributed by atoms with Crippen LogP contribution in [0.15, 0.2) is 15.8 Å². The van der Waals surface area contributed by atoms with Crippen LogP contribution < -0.4 is 11.2 Å². The average Bonchev–Trinajstić information content (AvgIpc) is 2.88. The summed E-state index contributed by atoms with van der Waals surface area (Å²) in [7, 11) is -4.10. The van der Waals surface area contributed by atoms with Crippen molar-refractivity contribution in [3.63, 3.8) is 0 Å². The molecule has 1 saturated heterocycles. The predicted molar refractivity (Wildman–Crippen MR) is 97.1 cm³/mol. The fraction of sp³-hybridized carbons (Fsp3) is 0.562. The summed E-state index contributed by atoms with van der Waals surface area (Å²) < 4.78 is 44.7. The maximum absolute atomic E-state index is 12.3. The maximum atomic E-state index is 12.3. The summed E-state index contributed by atoms with van der Waals surface area (Å²) in [5.74, 6) is -2.22. The lowest BCUT2D eigenvalue weighted by Gasteiger charge is -2.23. The van der Waals surface area contributed by atoms with Crippen molar-refractivity contribution in [2.24, 2.45) is 0 Å². The first kappa shape index (κ1) is 23.4. The third kappa shape index (κ3) is 5.61. The van der Waals surface area contributed by atoms with Crippen LogP contribution in [0.25, 0.3) is 0 Å². The molecule has 2 rings (SSSR count). The molecule has 30 heavy (non-hydrogen) atoms. The first-order valence-electron chi connectivity index (χ1n) is 8.51. The number of esters is 2. The molecule has 166 valence electrons. The molecule has 1 aromatic heterocycles. The van der Waals surface area contributed by atoms with Crippen LogP contribution in [0.1, 0.15) is 37.4 Å². The van der Waals surface area contributed by atoms with Gasteiger partial charge >= 0.3 is 17.6 Å². The number of carbonyl (C=O) groups is 3. The van der Waals surface area contributed by atoms with E-state index in [0.29, 0.717) is 0 Å². The molecule has 1 aliphatic rings. The van der Waals surface area contributed by atoms with Crippen LogP contribution in [0.5, 0.6) is 0 Å². The quantitative estimate of drug-likeness (QED) is 0.291. The first-order valence-corrected chi connectivity index (χ1v) is 10.3. The number of ether oxygens (including phenoxy) is 3. The van der Waals surface area contributed by atoms with Gasteiger partial charge in [-0.2, -0.15) is 8.42 Å². The Bertz CT molecular complexity index is 1070. The van der Waals surface area contributed by atoms with Crippen molar-refractivity contribution in [2.45, 2.75) is 45.3 Å². The van der Waals surface area contributed by atoms with Gasteiger partial charge in [0, 0.05) is 20.0 Å². The molecule has 2 heterocycles. The van der Waals surface area contributed by atoms with Gasteiger partial charge < -0.3 is 14.2 Å². The molecule has 1 N–H and O–H groups in total. The summed E-state index contributed by atoms with van der Waals surface area (Å²) in [6, 6.07) is 0. The van der Waals surface area contributed by atoms with Crippen molar-refractivity contribution in [1.29, 1.82) is 0 Å². The smallest absolute Gasteiger partial charge is 0.330 e. The highest BCUT2D eigenvalue weighted by molar-refractivity contribution is 7.86. The number of rotatable bonds is 7. The van der Waals surface area contributed by atoms with Crippen molar-refractivity contribution >= 4 is 27.8 Å². The molecular weight excluding hydrogens is 428 g/mol. The summed E-state index contributed by atoms with van der Waals surface area (Å²) >= 11 is 0. The second-order valence-corrected chi connectivity index (χ2v) is 8.07. The molecule has 1 aliphatic heterocycles. The van der Waals surface area contributed by atoms with E-state index in [1.54, 1.807) is 0 Å². The Morgan fingerprint density at radius 1 is 1.13 bits per heavy atom. The van der Waals surface area contributed by atoms with E-state index in [1.807, 2.05) is 4.98 Å². The molecule has 13 nitrogen and oxygen atoms in total. The number of aromatic nitrogens is 2. The fourth-order valence-electron chi connectivity index (χ4n) is 2.83. The van der Waals surface area contributed by atoms with Crippen LogP contribution in [0.3, 0.4) is 0 Å². The Kier molecular flexibility index (Phi) is 6.95. The van der Waals surface area contributed by atoms with Gasteiger partial charge in [-0.05, 0) is 6.92 Å². The van der Waals surface area contributed by atoms with Crippen molar-refractivity contribution in [3.05, 3.63) is 32.6 Å². The van der Waals surface area contributed by atoms with E-state index in [4.69, 9.17) is 18.4 Å². The lowest BCUT2D eigenvalue weighted by Crippen LogP contribution is -2.43. The van der Waals surface area contributed by atoms with Crippen LogP contribution in [-0.2, 0) is 38.1 Å². The van der Waals surface area contributed by atoms with Gasteiger partial charge in [-0.1, -0.05) is 0 Å². The number of H-pyrrole nitrogens is 1. The number of nitrogens with zero attached hydrogens (tertiary/aromatic N) is 1. The molecule has 4 atom stereocenters. The number of aromatic amines is 1. The molecule has 0 bridgehead atoms. The van der Waals surface area contributed by atoms with E-state index in [-0.39, 0.29) is 5.56 Å². The van der Waals surface area contributed by atoms with Gasteiger partial charge in [-0.25, -0.2) is 4.79 Å². The van der Waals surface area contributed by atoms with Gasteiger partial charge in [0.2, 0.25) is 0 Å². The van der Waals surface area contributed by atoms with Gasteiger partial charge in [0.1, 0.15) is 18.8 Å². The maximum Gasteiger partial charge on any atom is 0.330 e. The average molecular weight is 448 g/mol. The molecule has 0 aromatic carbocycles. The van der Waals surface area contributed by atoms with Crippen LogP contribution in [0.2, 0.25) is 0 Å².